The quantitative estimate of drug-likeness (QED) is 0.938. The van der Waals surface area contributed by atoms with E-state index in [-0.39, 0.29) is 6.04 Å². The number of likely N-dealkylation sites (N-methyl/N-ethyl adjacent to an activating group) is 1. The van der Waals surface area contributed by atoms with E-state index in [1.165, 1.54) is 11.1 Å². The molecule has 1 unspecified atom stereocenters. The minimum atomic E-state index is 0.237. The Hall–Kier alpha value is -1.58. The van der Waals surface area contributed by atoms with E-state index in [2.05, 4.69) is 28.5 Å². The third kappa shape index (κ3) is 2.65. The molecule has 0 radical (unpaired) electrons. The molecule has 0 saturated heterocycles. The van der Waals surface area contributed by atoms with E-state index in [0.29, 0.717) is 0 Å². The number of pyridine rings is 1. The minimum Gasteiger partial charge on any atom is -0.493 e. The first-order valence-electron chi connectivity index (χ1n) is 6.79. The summed E-state index contributed by atoms with van der Waals surface area (Å²) in [6.07, 6.45) is 5.32. The Bertz CT molecular complexity index is 615. The van der Waals surface area contributed by atoms with Gasteiger partial charge in [-0.15, -0.1) is 0 Å². The fourth-order valence-corrected chi connectivity index (χ4v) is 2.80. The van der Waals surface area contributed by atoms with Crippen molar-refractivity contribution in [1.82, 2.24) is 10.3 Å². The van der Waals surface area contributed by atoms with Crippen LogP contribution in [0.25, 0.3) is 0 Å². The predicted molar refractivity (Wildman–Crippen MR) is 80.4 cm³/mol. The minimum absolute atomic E-state index is 0.237. The van der Waals surface area contributed by atoms with Crippen LogP contribution in [0.5, 0.6) is 5.75 Å². The Balaban J connectivity index is 1.85. The highest BCUT2D eigenvalue weighted by Gasteiger charge is 2.17. The maximum Gasteiger partial charge on any atom is 0.122 e. The van der Waals surface area contributed by atoms with E-state index >= 15 is 0 Å². The van der Waals surface area contributed by atoms with Gasteiger partial charge in [-0.05, 0) is 42.3 Å². The summed E-state index contributed by atoms with van der Waals surface area (Å²) in [6, 6.07) is 8.64. The molecule has 2 aromatic rings. The van der Waals surface area contributed by atoms with Gasteiger partial charge in [0.25, 0.3) is 0 Å². The van der Waals surface area contributed by atoms with Crippen LogP contribution in [0, 0.1) is 0 Å². The molecule has 0 aliphatic carbocycles. The third-order valence-electron chi connectivity index (χ3n) is 3.74. The van der Waals surface area contributed by atoms with Crippen molar-refractivity contribution in [3.8, 4) is 5.75 Å². The molecule has 1 atom stereocenters. The topological polar surface area (TPSA) is 34.2 Å². The Labute approximate surface area is 123 Å². The number of nitrogens with one attached hydrogen (secondary N) is 1. The van der Waals surface area contributed by atoms with Gasteiger partial charge in [0.15, 0.2) is 0 Å². The van der Waals surface area contributed by atoms with Gasteiger partial charge in [-0.3, -0.25) is 4.98 Å². The van der Waals surface area contributed by atoms with Gasteiger partial charge in [-0.2, -0.15) is 0 Å². The van der Waals surface area contributed by atoms with Crippen LogP contribution in [-0.4, -0.2) is 18.6 Å². The zero-order chi connectivity index (χ0) is 13.9. The predicted octanol–water partition coefficient (Wildman–Crippen LogP) is 3.17. The summed E-state index contributed by atoms with van der Waals surface area (Å²) >= 11 is 6.20. The van der Waals surface area contributed by atoms with Crippen LogP contribution >= 0.6 is 11.6 Å². The Kier molecular flexibility index (Phi) is 3.90. The molecule has 1 aromatic carbocycles. The first-order chi connectivity index (χ1) is 9.78. The summed E-state index contributed by atoms with van der Waals surface area (Å²) in [5.74, 6) is 1.02. The monoisotopic (exact) mass is 288 g/mol. The average Bonchev–Trinajstić information content (AvgIpc) is 2.94. The number of aromatic nitrogens is 1. The molecule has 1 aliphatic heterocycles. The van der Waals surface area contributed by atoms with E-state index in [1.807, 2.05) is 13.1 Å². The number of hydrogen-bond acceptors (Lipinski definition) is 3. The number of hydrogen-bond donors (Lipinski definition) is 1. The van der Waals surface area contributed by atoms with Crippen molar-refractivity contribution in [2.24, 2.45) is 0 Å². The van der Waals surface area contributed by atoms with E-state index in [1.54, 1.807) is 12.4 Å². The molecular formula is C16H17ClN2O. The van der Waals surface area contributed by atoms with E-state index in [9.17, 15) is 0 Å². The van der Waals surface area contributed by atoms with Crippen molar-refractivity contribution in [2.45, 2.75) is 18.9 Å². The highest BCUT2D eigenvalue weighted by Crippen LogP contribution is 2.30. The number of halogens is 1. The molecule has 1 aromatic heterocycles. The van der Waals surface area contributed by atoms with Crippen molar-refractivity contribution < 1.29 is 4.74 Å². The van der Waals surface area contributed by atoms with Gasteiger partial charge in [0, 0.05) is 24.9 Å². The highest BCUT2D eigenvalue weighted by atomic mass is 35.5. The molecule has 0 bridgehead atoms. The van der Waals surface area contributed by atoms with Crippen molar-refractivity contribution in [1.29, 1.82) is 0 Å². The molecule has 20 heavy (non-hydrogen) atoms. The molecule has 0 fully saturated rings. The van der Waals surface area contributed by atoms with Crippen LogP contribution < -0.4 is 10.1 Å². The molecular weight excluding hydrogens is 272 g/mol. The largest absolute Gasteiger partial charge is 0.493 e. The lowest BCUT2D eigenvalue weighted by Gasteiger charge is -2.18. The van der Waals surface area contributed by atoms with Crippen LogP contribution in [0.2, 0.25) is 5.02 Å². The Morgan fingerprint density at radius 1 is 1.40 bits per heavy atom. The lowest BCUT2D eigenvalue weighted by atomic mass is 9.97. The first-order valence-corrected chi connectivity index (χ1v) is 7.17. The van der Waals surface area contributed by atoms with Crippen LogP contribution in [0.1, 0.15) is 22.7 Å². The smallest absolute Gasteiger partial charge is 0.122 e. The van der Waals surface area contributed by atoms with Gasteiger partial charge >= 0.3 is 0 Å². The molecule has 1 N–H and O–H groups in total. The zero-order valence-corrected chi connectivity index (χ0v) is 12.2. The number of fused-ring (bicyclic) bond motifs is 1. The molecule has 2 heterocycles. The second-order valence-electron chi connectivity index (χ2n) is 4.98. The summed E-state index contributed by atoms with van der Waals surface area (Å²) in [5, 5.41) is 4.09. The first kappa shape index (κ1) is 13.4. The molecule has 104 valence electrons. The standard InChI is InChI=1S/C16H17ClN2O/c1-18-15(9-11-4-6-19-10-14(11)17)12-2-3-16-13(8-12)5-7-20-16/h2-4,6,8,10,15,18H,5,7,9H2,1H3. The fraction of sp³-hybridized carbons (Fsp3) is 0.312. The van der Waals surface area contributed by atoms with Crippen LogP contribution in [-0.2, 0) is 12.8 Å². The second kappa shape index (κ2) is 5.81. The molecule has 3 nitrogen and oxygen atoms in total. The second-order valence-corrected chi connectivity index (χ2v) is 5.39. The average molecular weight is 289 g/mol. The normalized spacial score (nSPS) is 14.7. The molecule has 0 amide bonds. The van der Waals surface area contributed by atoms with Gasteiger partial charge in [-0.25, -0.2) is 0 Å². The van der Waals surface area contributed by atoms with Crippen LogP contribution in [0.3, 0.4) is 0 Å². The zero-order valence-electron chi connectivity index (χ0n) is 11.4. The van der Waals surface area contributed by atoms with Crippen LogP contribution in [0.15, 0.2) is 36.7 Å². The van der Waals surface area contributed by atoms with E-state index in [4.69, 9.17) is 16.3 Å². The van der Waals surface area contributed by atoms with E-state index < -0.39 is 0 Å². The van der Waals surface area contributed by atoms with Crippen molar-refractivity contribution in [2.75, 3.05) is 13.7 Å². The summed E-state index contributed by atoms with van der Waals surface area (Å²) < 4.78 is 5.55. The maximum atomic E-state index is 6.20. The maximum absolute atomic E-state index is 6.20. The lowest BCUT2D eigenvalue weighted by Crippen LogP contribution is -2.19. The summed E-state index contributed by atoms with van der Waals surface area (Å²) in [5.41, 5.74) is 3.67. The lowest BCUT2D eigenvalue weighted by molar-refractivity contribution is 0.356. The van der Waals surface area contributed by atoms with Gasteiger partial charge in [0.05, 0.1) is 11.6 Å². The fourth-order valence-electron chi connectivity index (χ4n) is 2.60. The van der Waals surface area contributed by atoms with Crippen molar-refractivity contribution >= 4 is 11.6 Å². The van der Waals surface area contributed by atoms with Gasteiger partial charge in [0.1, 0.15) is 5.75 Å². The third-order valence-corrected chi connectivity index (χ3v) is 4.09. The molecule has 3 rings (SSSR count). The Morgan fingerprint density at radius 3 is 3.10 bits per heavy atom. The van der Waals surface area contributed by atoms with E-state index in [0.717, 1.165) is 35.8 Å². The molecule has 1 aliphatic rings. The van der Waals surface area contributed by atoms with Crippen molar-refractivity contribution in [3.63, 3.8) is 0 Å². The van der Waals surface area contributed by atoms with Crippen LogP contribution in [0.4, 0.5) is 0 Å². The summed E-state index contributed by atoms with van der Waals surface area (Å²) in [4.78, 5) is 4.03. The van der Waals surface area contributed by atoms with Gasteiger partial charge in [0.2, 0.25) is 0 Å². The number of rotatable bonds is 4. The summed E-state index contributed by atoms with van der Waals surface area (Å²) in [6.45, 7) is 0.791. The SMILES string of the molecule is CNC(Cc1ccncc1Cl)c1ccc2c(c1)CCO2. The van der Waals surface area contributed by atoms with Gasteiger partial charge < -0.3 is 10.1 Å². The van der Waals surface area contributed by atoms with Crippen molar-refractivity contribution in [3.05, 3.63) is 58.4 Å². The van der Waals surface area contributed by atoms with Gasteiger partial charge in [-0.1, -0.05) is 23.7 Å². The molecule has 4 heteroatoms. The summed E-state index contributed by atoms with van der Waals surface area (Å²) in [7, 11) is 1.98. The number of nitrogens with zero attached hydrogens (tertiary/aromatic N) is 1. The molecule has 0 spiro atoms. The Morgan fingerprint density at radius 2 is 2.30 bits per heavy atom. The number of benzene rings is 1. The molecule has 0 saturated carbocycles. The highest BCUT2D eigenvalue weighted by molar-refractivity contribution is 6.31. The number of ether oxygens (including phenoxy) is 1.